The Balaban J connectivity index is 3.20. The molecule has 16 heavy (non-hydrogen) atoms. The van der Waals surface area contributed by atoms with Gasteiger partial charge in [0.05, 0.1) is 7.11 Å². The van der Waals surface area contributed by atoms with E-state index in [1.165, 1.54) is 13.2 Å². The van der Waals surface area contributed by atoms with E-state index in [4.69, 9.17) is 4.74 Å². The summed E-state index contributed by atoms with van der Waals surface area (Å²) in [6.07, 6.45) is -4.36. The predicted molar refractivity (Wildman–Crippen MR) is 49.8 cm³/mol. The van der Waals surface area contributed by atoms with E-state index in [2.05, 4.69) is 4.74 Å². The topological polar surface area (TPSA) is 35.5 Å². The molecular weight excluding hydrogens is 225 g/mol. The second kappa shape index (κ2) is 4.42. The largest absolute Gasteiger partial charge is 0.573 e. The molecule has 0 aliphatic heterocycles. The molecule has 0 fully saturated rings. The average molecular weight is 234 g/mol. The van der Waals surface area contributed by atoms with Crippen molar-refractivity contribution < 1.29 is 27.4 Å². The molecule has 0 aliphatic carbocycles. The molecular formula is C10H9F3O3. The highest BCUT2D eigenvalue weighted by Gasteiger charge is 2.32. The number of halogens is 3. The summed E-state index contributed by atoms with van der Waals surface area (Å²) in [5.41, 5.74) is 0.640. The number of methoxy groups -OCH3 is 1. The predicted octanol–water partition coefficient (Wildman–Crippen LogP) is 2.71. The Hall–Kier alpha value is -1.72. The molecule has 3 nitrogen and oxygen atoms in total. The fourth-order valence-corrected chi connectivity index (χ4v) is 1.17. The summed E-state index contributed by atoms with van der Waals surface area (Å²) in [5.74, 6) is -0.594. The van der Waals surface area contributed by atoms with Gasteiger partial charge >= 0.3 is 6.36 Å². The number of hydrogen-bond donors (Lipinski definition) is 0. The molecule has 88 valence electrons. The number of aryl methyl sites for hydroxylation is 1. The van der Waals surface area contributed by atoms with Crippen molar-refractivity contribution in [2.24, 2.45) is 0 Å². The third-order valence-corrected chi connectivity index (χ3v) is 1.90. The number of alkyl halides is 3. The Morgan fingerprint density at radius 2 is 1.88 bits per heavy atom. The molecule has 0 radical (unpaired) electrons. The lowest BCUT2D eigenvalue weighted by Gasteiger charge is -2.13. The number of benzene rings is 1. The molecule has 0 saturated heterocycles. The molecule has 0 spiro atoms. The average Bonchev–Trinajstić information content (AvgIpc) is 2.18. The summed E-state index contributed by atoms with van der Waals surface area (Å²) < 4.78 is 44.6. The van der Waals surface area contributed by atoms with Crippen LogP contribution in [0.3, 0.4) is 0 Å². The molecule has 0 atom stereocenters. The fourth-order valence-electron chi connectivity index (χ4n) is 1.17. The van der Waals surface area contributed by atoms with Crippen LogP contribution in [0.5, 0.6) is 11.5 Å². The molecule has 0 saturated carbocycles. The zero-order chi connectivity index (χ0) is 12.3. The maximum absolute atomic E-state index is 12.0. The molecule has 1 rings (SSSR count). The monoisotopic (exact) mass is 234 g/mol. The van der Waals surface area contributed by atoms with Crippen molar-refractivity contribution in [3.63, 3.8) is 0 Å². The van der Waals surface area contributed by atoms with Gasteiger partial charge in [-0.25, -0.2) is 0 Å². The lowest BCUT2D eigenvalue weighted by Crippen LogP contribution is -2.18. The van der Waals surface area contributed by atoms with Crippen LogP contribution in [0.2, 0.25) is 0 Å². The minimum absolute atomic E-state index is 0.0691. The zero-order valence-corrected chi connectivity index (χ0v) is 8.59. The van der Waals surface area contributed by atoms with Crippen LogP contribution in [0.25, 0.3) is 0 Å². The van der Waals surface area contributed by atoms with Crippen molar-refractivity contribution in [1.82, 2.24) is 0 Å². The maximum Gasteiger partial charge on any atom is 0.573 e. The van der Waals surface area contributed by atoms with Gasteiger partial charge in [-0.15, -0.1) is 13.2 Å². The first kappa shape index (κ1) is 12.4. The normalized spacial score (nSPS) is 11.1. The quantitative estimate of drug-likeness (QED) is 0.754. The Morgan fingerprint density at radius 1 is 1.25 bits per heavy atom. The summed E-state index contributed by atoms with van der Waals surface area (Å²) in [7, 11) is 1.22. The van der Waals surface area contributed by atoms with Crippen LogP contribution in [-0.2, 0) is 0 Å². The highest BCUT2D eigenvalue weighted by Crippen LogP contribution is 2.34. The van der Waals surface area contributed by atoms with E-state index >= 15 is 0 Å². The zero-order valence-electron chi connectivity index (χ0n) is 8.59. The molecule has 6 heteroatoms. The van der Waals surface area contributed by atoms with Gasteiger partial charge in [0, 0.05) is 5.56 Å². The first-order chi connectivity index (χ1) is 7.37. The molecule has 0 unspecified atom stereocenters. The minimum atomic E-state index is -4.82. The van der Waals surface area contributed by atoms with Crippen LogP contribution in [-0.4, -0.2) is 19.8 Å². The number of hydrogen-bond acceptors (Lipinski definition) is 3. The van der Waals surface area contributed by atoms with E-state index in [1.54, 1.807) is 6.92 Å². The van der Waals surface area contributed by atoms with Gasteiger partial charge in [0.25, 0.3) is 0 Å². The first-order valence-corrected chi connectivity index (χ1v) is 4.27. The smallest absolute Gasteiger partial charge is 0.493 e. The molecule has 0 heterocycles. The van der Waals surface area contributed by atoms with Crippen LogP contribution in [0.1, 0.15) is 15.9 Å². The summed E-state index contributed by atoms with van der Waals surface area (Å²) in [5, 5.41) is 0. The third-order valence-electron chi connectivity index (χ3n) is 1.90. The first-order valence-electron chi connectivity index (χ1n) is 4.27. The van der Waals surface area contributed by atoms with Gasteiger partial charge in [0.1, 0.15) is 6.29 Å². The number of carbonyl (C=O) groups is 1. The van der Waals surface area contributed by atoms with Crippen LogP contribution in [0, 0.1) is 6.92 Å². The summed E-state index contributed by atoms with van der Waals surface area (Å²) in [6, 6.07) is 2.31. The van der Waals surface area contributed by atoms with E-state index in [-0.39, 0.29) is 11.3 Å². The highest BCUT2D eigenvalue weighted by atomic mass is 19.4. The van der Waals surface area contributed by atoms with Gasteiger partial charge in [-0.3, -0.25) is 4.79 Å². The lowest BCUT2D eigenvalue weighted by atomic mass is 10.1. The second-order valence-electron chi connectivity index (χ2n) is 3.03. The summed E-state index contributed by atoms with van der Waals surface area (Å²) in [4.78, 5) is 10.6. The van der Waals surface area contributed by atoms with Crippen molar-refractivity contribution in [3.8, 4) is 11.5 Å². The van der Waals surface area contributed by atoms with Gasteiger partial charge in [-0.1, -0.05) is 0 Å². The third kappa shape index (κ3) is 2.88. The van der Waals surface area contributed by atoms with Crippen molar-refractivity contribution >= 4 is 6.29 Å². The Kier molecular flexibility index (Phi) is 3.41. The maximum atomic E-state index is 12.0. The number of rotatable bonds is 3. The van der Waals surface area contributed by atoms with Crippen LogP contribution in [0.4, 0.5) is 13.2 Å². The van der Waals surface area contributed by atoms with Gasteiger partial charge in [0.15, 0.2) is 11.5 Å². The van der Waals surface area contributed by atoms with E-state index in [0.29, 0.717) is 11.8 Å². The van der Waals surface area contributed by atoms with E-state index in [0.717, 1.165) is 6.07 Å². The van der Waals surface area contributed by atoms with E-state index in [9.17, 15) is 18.0 Å². The molecule has 0 aromatic heterocycles. The standard InChI is InChI=1S/C10H9F3O3/c1-6-3-8(15-2)9(4-7(6)5-14)16-10(11,12)13/h3-5H,1-2H3. The van der Waals surface area contributed by atoms with Crippen LogP contribution >= 0.6 is 0 Å². The van der Waals surface area contributed by atoms with Gasteiger partial charge in [0.2, 0.25) is 0 Å². The van der Waals surface area contributed by atoms with Gasteiger partial charge in [-0.2, -0.15) is 0 Å². The molecule has 0 aliphatic rings. The Morgan fingerprint density at radius 3 is 2.31 bits per heavy atom. The minimum Gasteiger partial charge on any atom is -0.493 e. The van der Waals surface area contributed by atoms with Crippen molar-refractivity contribution in [1.29, 1.82) is 0 Å². The molecule has 0 N–H and O–H groups in total. The second-order valence-corrected chi connectivity index (χ2v) is 3.03. The highest BCUT2D eigenvalue weighted by molar-refractivity contribution is 5.79. The Bertz CT molecular complexity index is 399. The summed E-state index contributed by atoms with van der Waals surface area (Å²) in [6.45, 7) is 1.59. The van der Waals surface area contributed by atoms with Crippen LogP contribution in [0.15, 0.2) is 12.1 Å². The molecule has 1 aromatic rings. The number of aldehydes is 1. The Labute approximate surface area is 89.8 Å². The summed E-state index contributed by atoms with van der Waals surface area (Å²) >= 11 is 0. The molecule has 1 aromatic carbocycles. The number of carbonyl (C=O) groups excluding carboxylic acids is 1. The number of ether oxygens (including phenoxy) is 2. The van der Waals surface area contributed by atoms with E-state index < -0.39 is 12.1 Å². The van der Waals surface area contributed by atoms with Crippen LogP contribution < -0.4 is 9.47 Å². The molecule has 0 bridgehead atoms. The SMILES string of the molecule is COc1cc(C)c(C=O)cc1OC(F)(F)F. The van der Waals surface area contributed by atoms with E-state index in [1.807, 2.05) is 0 Å². The van der Waals surface area contributed by atoms with Crippen molar-refractivity contribution in [3.05, 3.63) is 23.3 Å². The molecule has 0 amide bonds. The van der Waals surface area contributed by atoms with Crippen molar-refractivity contribution in [2.45, 2.75) is 13.3 Å². The van der Waals surface area contributed by atoms with Gasteiger partial charge in [-0.05, 0) is 24.6 Å². The van der Waals surface area contributed by atoms with Crippen molar-refractivity contribution in [2.75, 3.05) is 7.11 Å². The lowest BCUT2D eigenvalue weighted by molar-refractivity contribution is -0.275. The fraction of sp³-hybridized carbons (Fsp3) is 0.300. The van der Waals surface area contributed by atoms with Gasteiger partial charge < -0.3 is 9.47 Å².